The Kier molecular flexibility index (Phi) is 7.51. The number of carbonyl (C=O) groups is 1. The highest BCUT2D eigenvalue weighted by Crippen LogP contribution is 2.41. The van der Waals surface area contributed by atoms with E-state index in [0.29, 0.717) is 4.43 Å². The number of rotatable bonds is 5. The number of nitrogens with two attached hydrogens (primary N) is 1. The topological polar surface area (TPSA) is 89.6 Å². The highest BCUT2D eigenvalue weighted by molar-refractivity contribution is 14.1. The van der Waals surface area contributed by atoms with Crippen LogP contribution in [0.4, 0.5) is 23.2 Å². The summed E-state index contributed by atoms with van der Waals surface area (Å²) < 4.78 is 60.3. The number of halogens is 6. The van der Waals surface area contributed by atoms with Gasteiger partial charge in [-0.05, 0) is 36.2 Å². The predicted molar refractivity (Wildman–Crippen MR) is 129 cm³/mol. The summed E-state index contributed by atoms with van der Waals surface area (Å²) in [6.07, 6.45) is -5.99. The first kappa shape index (κ1) is 24.9. The monoisotopic (exact) mass is 676 g/mol. The van der Waals surface area contributed by atoms with Gasteiger partial charge in [-0.1, -0.05) is 51.2 Å². The number of anilines is 1. The van der Waals surface area contributed by atoms with Gasteiger partial charge >= 0.3 is 6.18 Å². The molecule has 0 unspecified atom stereocenters. The number of nitrogens with zero attached hydrogens (tertiary/aromatic N) is 2. The van der Waals surface area contributed by atoms with Crippen LogP contribution in [-0.2, 0) is 19.1 Å². The molecule has 32 heavy (non-hydrogen) atoms. The molecule has 172 valence electrons. The van der Waals surface area contributed by atoms with E-state index in [0.717, 1.165) is 21.6 Å². The van der Waals surface area contributed by atoms with E-state index in [1.54, 1.807) is 6.20 Å². The molecule has 1 aromatic carbocycles. The molecule has 6 nitrogen and oxygen atoms in total. The fourth-order valence-electron chi connectivity index (χ4n) is 3.36. The van der Waals surface area contributed by atoms with E-state index in [-0.39, 0.29) is 16.9 Å². The highest BCUT2D eigenvalue weighted by Gasteiger charge is 2.50. The number of pyridine rings is 1. The number of amides is 1. The van der Waals surface area contributed by atoms with Crippen LogP contribution in [0.2, 0.25) is 0 Å². The molecular formula is C20H18F4I2N4O2. The maximum absolute atomic E-state index is 14.7. The van der Waals surface area contributed by atoms with Crippen molar-refractivity contribution in [2.45, 2.75) is 40.0 Å². The third kappa shape index (κ3) is 5.43. The Morgan fingerprint density at radius 3 is 2.66 bits per heavy atom. The largest absolute Gasteiger partial charge is 0.452 e. The average Bonchev–Trinajstić information content (AvgIpc) is 2.73. The van der Waals surface area contributed by atoms with Crippen molar-refractivity contribution in [2.75, 3.05) is 5.32 Å². The Morgan fingerprint density at radius 1 is 1.31 bits per heavy atom. The van der Waals surface area contributed by atoms with Crippen LogP contribution >= 0.6 is 45.2 Å². The summed E-state index contributed by atoms with van der Waals surface area (Å²) in [6, 6.07) is 4.84. The van der Waals surface area contributed by atoms with Gasteiger partial charge in [-0.3, -0.25) is 9.78 Å². The quantitative estimate of drug-likeness (QED) is 0.258. The molecule has 0 fully saturated rings. The SMILES string of the molecule is C[C@@]1(c2cc(NC(=O)c3ncc(CI)cc3CI)ccc2F)C[C@@H](C(F)(F)F)OC(N)=N1. The molecule has 3 rings (SSSR count). The van der Waals surface area contributed by atoms with Crippen molar-refractivity contribution in [1.29, 1.82) is 0 Å². The highest BCUT2D eigenvalue weighted by atomic mass is 127. The van der Waals surface area contributed by atoms with Gasteiger partial charge in [0.25, 0.3) is 11.9 Å². The average molecular weight is 676 g/mol. The number of alkyl halides is 5. The Balaban J connectivity index is 1.93. The van der Waals surface area contributed by atoms with Gasteiger partial charge in [-0.2, -0.15) is 13.2 Å². The maximum Gasteiger partial charge on any atom is 0.425 e. The predicted octanol–water partition coefficient (Wildman–Crippen LogP) is 5.22. The molecule has 0 aliphatic carbocycles. The number of ether oxygens (including phenoxy) is 1. The van der Waals surface area contributed by atoms with Crippen LogP contribution < -0.4 is 11.1 Å². The third-order valence-corrected chi connectivity index (χ3v) is 6.61. The van der Waals surface area contributed by atoms with E-state index < -0.39 is 42.0 Å². The number of carbonyl (C=O) groups excluding carboxylic acids is 1. The van der Waals surface area contributed by atoms with Crippen molar-refractivity contribution < 1.29 is 27.1 Å². The van der Waals surface area contributed by atoms with E-state index in [9.17, 15) is 22.4 Å². The minimum absolute atomic E-state index is 0.141. The van der Waals surface area contributed by atoms with Gasteiger partial charge in [0.15, 0.2) is 6.10 Å². The first-order valence-corrected chi connectivity index (χ1v) is 12.3. The summed E-state index contributed by atoms with van der Waals surface area (Å²) in [4.78, 5) is 21.0. The molecule has 2 atom stereocenters. The summed E-state index contributed by atoms with van der Waals surface area (Å²) in [5, 5.41) is 2.64. The first-order chi connectivity index (χ1) is 15.0. The van der Waals surface area contributed by atoms with Crippen LogP contribution in [0.15, 0.2) is 35.5 Å². The maximum atomic E-state index is 14.7. The van der Waals surface area contributed by atoms with Crippen molar-refractivity contribution in [3.63, 3.8) is 0 Å². The standard InChI is InChI=1S/C20H18F4I2N4O2/c1-19(6-15(20(22,23)24)32-18(27)30-19)13-5-12(2-3-14(13)21)29-17(31)16-11(8-26)4-10(7-25)9-28-16/h2-5,9,15H,6-8H2,1H3,(H2,27,30)(H,29,31)/t15-,19-/m0/s1. The second kappa shape index (κ2) is 9.65. The third-order valence-electron chi connectivity index (χ3n) is 4.91. The second-order valence-electron chi connectivity index (χ2n) is 7.34. The van der Waals surface area contributed by atoms with Crippen LogP contribution in [0.3, 0.4) is 0 Å². The van der Waals surface area contributed by atoms with Crippen LogP contribution in [-0.4, -0.2) is 29.2 Å². The van der Waals surface area contributed by atoms with Gasteiger partial charge in [0.2, 0.25) is 0 Å². The Hall–Kier alpha value is -1.71. The summed E-state index contributed by atoms with van der Waals surface area (Å²) in [7, 11) is 0. The number of hydrogen-bond donors (Lipinski definition) is 2. The van der Waals surface area contributed by atoms with E-state index in [1.807, 2.05) is 6.07 Å². The van der Waals surface area contributed by atoms with E-state index >= 15 is 0 Å². The van der Waals surface area contributed by atoms with Gasteiger partial charge in [0.05, 0.1) is 5.54 Å². The molecule has 0 bridgehead atoms. The molecule has 12 heteroatoms. The van der Waals surface area contributed by atoms with Crippen LogP contribution in [0, 0.1) is 5.82 Å². The van der Waals surface area contributed by atoms with E-state index in [2.05, 4.69) is 65.2 Å². The second-order valence-corrected chi connectivity index (χ2v) is 8.87. The zero-order chi connectivity index (χ0) is 23.7. The molecule has 0 saturated heterocycles. The zero-order valence-corrected chi connectivity index (χ0v) is 21.0. The number of hydrogen-bond acceptors (Lipinski definition) is 5. The zero-order valence-electron chi connectivity index (χ0n) is 16.6. The van der Waals surface area contributed by atoms with Crippen molar-refractivity contribution in [3.8, 4) is 0 Å². The number of aromatic nitrogens is 1. The van der Waals surface area contributed by atoms with Crippen LogP contribution in [0.1, 0.15) is 40.5 Å². The summed E-state index contributed by atoms with van der Waals surface area (Å²) in [6.45, 7) is 1.34. The number of nitrogens with one attached hydrogen (secondary N) is 1. The molecule has 1 amide bonds. The molecule has 2 heterocycles. The summed E-state index contributed by atoms with van der Waals surface area (Å²) in [5.41, 5.74) is 5.80. The number of amidine groups is 1. The lowest BCUT2D eigenvalue weighted by Crippen LogP contribution is -2.46. The fraction of sp³-hybridized carbons (Fsp3) is 0.350. The Labute approximate surface area is 208 Å². The van der Waals surface area contributed by atoms with Crippen LogP contribution in [0.5, 0.6) is 0 Å². The van der Waals surface area contributed by atoms with Crippen molar-refractivity contribution in [2.24, 2.45) is 10.7 Å². The molecule has 0 saturated carbocycles. The van der Waals surface area contributed by atoms with Crippen molar-refractivity contribution >= 4 is 62.8 Å². The molecule has 3 N–H and O–H groups in total. The van der Waals surface area contributed by atoms with Gasteiger partial charge in [-0.15, -0.1) is 0 Å². The number of aliphatic imine (C=N–C) groups is 1. The van der Waals surface area contributed by atoms with E-state index in [4.69, 9.17) is 5.73 Å². The smallest absolute Gasteiger partial charge is 0.425 e. The lowest BCUT2D eigenvalue weighted by atomic mass is 9.85. The lowest BCUT2D eigenvalue weighted by Gasteiger charge is -2.36. The van der Waals surface area contributed by atoms with Crippen molar-refractivity contribution in [3.05, 3.63) is 58.7 Å². The molecule has 0 spiro atoms. The molecule has 1 aliphatic heterocycles. The van der Waals surface area contributed by atoms with Crippen LogP contribution in [0.25, 0.3) is 0 Å². The first-order valence-electron chi connectivity index (χ1n) is 9.26. The van der Waals surface area contributed by atoms with Gasteiger partial charge < -0.3 is 15.8 Å². The van der Waals surface area contributed by atoms with E-state index in [1.165, 1.54) is 19.1 Å². The normalized spacial score (nSPS) is 21.0. The molecule has 1 aliphatic rings. The fourth-order valence-corrected chi connectivity index (χ4v) is 4.36. The minimum Gasteiger partial charge on any atom is -0.452 e. The minimum atomic E-state index is -4.70. The molecule has 2 aromatic rings. The lowest BCUT2D eigenvalue weighted by molar-refractivity contribution is -0.208. The molecule has 0 radical (unpaired) electrons. The van der Waals surface area contributed by atoms with Gasteiger partial charge in [0.1, 0.15) is 11.5 Å². The Bertz CT molecular complexity index is 1060. The summed E-state index contributed by atoms with van der Waals surface area (Å²) >= 11 is 4.32. The van der Waals surface area contributed by atoms with Gasteiger partial charge in [0, 0.05) is 32.7 Å². The van der Waals surface area contributed by atoms with Gasteiger partial charge in [-0.25, -0.2) is 9.38 Å². The molecule has 1 aromatic heterocycles. The summed E-state index contributed by atoms with van der Waals surface area (Å²) in [5.74, 6) is -1.29. The molecular weight excluding hydrogens is 658 g/mol. The number of benzene rings is 1. The Morgan fingerprint density at radius 2 is 2.03 bits per heavy atom. The van der Waals surface area contributed by atoms with Crippen molar-refractivity contribution in [1.82, 2.24) is 4.98 Å².